The molecule has 0 bridgehead atoms. The molecule has 0 aromatic heterocycles. The molecule has 0 atom stereocenters. The van der Waals surface area contributed by atoms with Gasteiger partial charge in [-0.05, 0) is 12.8 Å². The maximum Gasteiger partial charge on any atom is 1.00 e. The SMILES string of the molecule is CCCCCCCCCCCC[N+](C)(C)C.[Br-].[H-].[Na+]. The van der Waals surface area contributed by atoms with Crippen LogP contribution in [0.3, 0.4) is 0 Å². The summed E-state index contributed by atoms with van der Waals surface area (Å²) in [6.07, 6.45) is 14.4. The molecule has 0 saturated heterocycles. The molecule has 0 aliphatic carbocycles. The van der Waals surface area contributed by atoms with Crippen LogP contribution < -0.4 is 46.5 Å². The Hall–Kier alpha value is 1.44. The third kappa shape index (κ3) is 22.6. The second-order valence-electron chi connectivity index (χ2n) is 6.20. The summed E-state index contributed by atoms with van der Waals surface area (Å²) in [4.78, 5) is 0. The van der Waals surface area contributed by atoms with E-state index in [2.05, 4.69) is 28.1 Å². The molecule has 0 N–H and O–H groups in total. The maximum atomic E-state index is 2.29. The average molecular weight is 332 g/mol. The molecule has 0 aromatic carbocycles. The molecule has 0 heterocycles. The molecule has 0 fully saturated rings. The van der Waals surface area contributed by atoms with Gasteiger partial charge in [0, 0.05) is 0 Å². The van der Waals surface area contributed by atoms with Crippen molar-refractivity contribution in [2.24, 2.45) is 0 Å². The second kappa shape index (κ2) is 16.5. The standard InChI is InChI=1S/C15H34N.BrH.Na.H/c1-5-6-7-8-9-10-11-12-13-14-15-16(2,3)4;;;/h5-15H2,1-4H3;1H;;/q+1;;+1;-1/p-1. The molecule has 0 amide bonds. The molecular formula is C15H35BrNNa. The molecule has 108 valence electrons. The third-order valence-electron chi connectivity index (χ3n) is 3.18. The van der Waals surface area contributed by atoms with Crippen LogP contribution in [0.1, 0.15) is 72.6 Å². The van der Waals surface area contributed by atoms with Crippen molar-refractivity contribution < 1.29 is 52.4 Å². The van der Waals surface area contributed by atoms with Gasteiger partial charge in [-0.1, -0.05) is 58.3 Å². The molecule has 0 spiro atoms. The van der Waals surface area contributed by atoms with Crippen molar-refractivity contribution in [2.75, 3.05) is 27.7 Å². The topological polar surface area (TPSA) is 0 Å². The van der Waals surface area contributed by atoms with Gasteiger partial charge in [0.15, 0.2) is 0 Å². The van der Waals surface area contributed by atoms with E-state index in [9.17, 15) is 0 Å². The zero-order chi connectivity index (χ0) is 12.3. The first kappa shape index (κ1) is 24.5. The smallest absolute Gasteiger partial charge is 1.00 e. The molecule has 0 aliphatic rings. The fraction of sp³-hybridized carbons (Fsp3) is 1.00. The Labute approximate surface area is 150 Å². The van der Waals surface area contributed by atoms with Crippen LogP contribution >= 0.6 is 0 Å². The van der Waals surface area contributed by atoms with Crippen LogP contribution in [0.2, 0.25) is 0 Å². The Bertz CT molecular complexity index is 152. The number of nitrogens with zero attached hydrogens (tertiary/aromatic N) is 1. The summed E-state index contributed by atoms with van der Waals surface area (Å²) in [5, 5.41) is 0. The fourth-order valence-electron chi connectivity index (χ4n) is 2.07. The molecule has 0 aliphatic heterocycles. The van der Waals surface area contributed by atoms with Crippen molar-refractivity contribution in [2.45, 2.75) is 71.1 Å². The van der Waals surface area contributed by atoms with E-state index in [1.165, 1.54) is 70.8 Å². The van der Waals surface area contributed by atoms with Crippen LogP contribution in [0.4, 0.5) is 0 Å². The second-order valence-corrected chi connectivity index (χ2v) is 6.20. The van der Waals surface area contributed by atoms with Gasteiger partial charge in [-0.15, -0.1) is 0 Å². The van der Waals surface area contributed by atoms with Gasteiger partial charge in [0.2, 0.25) is 0 Å². The van der Waals surface area contributed by atoms with Crippen LogP contribution in [-0.4, -0.2) is 32.2 Å². The normalized spacial score (nSPS) is 10.7. The summed E-state index contributed by atoms with van der Waals surface area (Å²) < 4.78 is 1.12. The van der Waals surface area contributed by atoms with Crippen LogP contribution in [0, 0.1) is 0 Å². The predicted octanol–water partition coefficient (Wildman–Crippen LogP) is -1.27. The minimum atomic E-state index is 0. The van der Waals surface area contributed by atoms with E-state index in [1.807, 2.05) is 0 Å². The summed E-state index contributed by atoms with van der Waals surface area (Å²) in [7, 11) is 6.86. The van der Waals surface area contributed by atoms with Crippen LogP contribution in [0.15, 0.2) is 0 Å². The van der Waals surface area contributed by atoms with E-state index in [-0.39, 0.29) is 48.0 Å². The number of rotatable bonds is 11. The van der Waals surface area contributed by atoms with Crippen LogP contribution in [-0.2, 0) is 0 Å². The van der Waals surface area contributed by atoms with Crippen LogP contribution in [0.25, 0.3) is 0 Å². The van der Waals surface area contributed by atoms with Gasteiger partial charge in [-0.3, -0.25) is 0 Å². The Balaban J connectivity index is -0.000000375. The quantitative estimate of drug-likeness (QED) is 0.252. The maximum absolute atomic E-state index is 2.29. The number of hydrogen-bond donors (Lipinski definition) is 0. The van der Waals surface area contributed by atoms with Crippen molar-refractivity contribution in [3.63, 3.8) is 0 Å². The zero-order valence-corrected chi connectivity index (χ0v) is 17.2. The monoisotopic (exact) mass is 331 g/mol. The van der Waals surface area contributed by atoms with E-state index in [1.54, 1.807) is 0 Å². The van der Waals surface area contributed by atoms with Crippen molar-refractivity contribution >= 4 is 0 Å². The Morgan fingerprint density at radius 3 is 1.33 bits per heavy atom. The van der Waals surface area contributed by atoms with E-state index in [0.717, 1.165) is 4.48 Å². The van der Waals surface area contributed by atoms with Crippen molar-refractivity contribution in [1.82, 2.24) is 0 Å². The van der Waals surface area contributed by atoms with E-state index < -0.39 is 0 Å². The average Bonchev–Trinajstić information content (AvgIpc) is 2.19. The van der Waals surface area contributed by atoms with Gasteiger partial charge < -0.3 is 22.9 Å². The molecule has 0 radical (unpaired) electrons. The molecule has 0 rings (SSSR count). The van der Waals surface area contributed by atoms with Gasteiger partial charge >= 0.3 is 29.6 Å². The summed E-state index contributed by atoms with van der Waals surface area (Å²) in [6, 6.07) is 0. The largest absolute Gasteiger partial charge is 1.00 e. The number of halogens is 1. The van der Waals surface area contributed by atoms with Gasteiger partial charge in [-0.25, -0.2) is 0 Å². The van der Waals surface area contributed by atoms with Gasteiger partial charge in [0.25, 0.3) is 0 Å². The van der Waals surface area contributed by atoms with Crippen LogP contribution in [0.5, 0.6) is 0 Å². The van der Waals surface area contributed by atoms with Gasteiger partial charge in [-0.2, -0.15) is 0 Å². The zero-order valence-electron chi connectivity index (χ0n) is 14.6. The van der Waals surface area contributed by atoms with Gasteiger partial charge in [0.05, 0.1) is 27.7 Å². The summed E-state index contributed by atoms with van der Waals surface area (Å²) in [5.74, 6) is 0. The Kier molecular flexibility index (Phi) is 22.4. The first-order valence-electron chi connectivity index (χ1n) is 7.36. The molecule has 18 heavy (non-hydrogen) atoms. The Morgan fingerprint density at radius 1 is 0.667 bits per heavy atom. The molecule has 0 aromatic rings. The van der Waals surface area contributed by atoms with Crippen molar-refractivity contribution in [3.05, 3.63) is 0 Å². The minimum absolute atomic E-state index is 0. The number of hydrogen-bond acceptors (Lipinski definition) is 0. The minimum Gasteiger partial charge on any atom is -1.00 e. The van der Waals surface area contributed by atoms with E-state index >= 15 is 0 Å². The Morgan fingerprint density at radius 2 is 1.00 bits per heavy atom. The molecule has 3 heteroatoms. The summed E-state index contributed by atoms with van der Waals surface area (Å²) >= 11 is 0. The first-order chi connectivity index (χ1) is 7.56. The van der Waals surface area contributed by atoms with E-state index in [4.69, 9.17) is 0 Å². The third-order valence-corrected chi connectivity index (χ3v) is 3.18. The predicted molar refractivity (Wildman–Crippen MR) is 75.9 cm³/mol. The van der Waals surface area contributed by atoms with Crippen molar-refractivity contribution in [3.8, 4) is 0 Å². The number of quaternary nitrogens is 1. The van der Waals surface area contributed by atoms with Crippen molar-refractivity contribution in [1.29, 1.82) is 0 Å². The molecule has 1 nitrogen and oxygen atoms in total. The molecular weight excluding hydrogens is 297 g/mol. The van der Waals surface area contributed by atoms with Gasteiger partial charge in [0.1, 0.15) is 0 Å². The molecule has 0 saturated carbocycles. The molecule has 0 unspecified atom stereocenters. The summed E-state index contributed by atoms with van der Waals surface area (Å²) in [6.45, 7) is 3.62. The summed E-state index contributed by atoms with van der Waals surface area (Å²) in [5.41, 5.74) is 0. The first-order valence-corrected chi connectivity index (χ1v) is 7.36. The number of unbranched alkanes of at least 4 members (excludes halogenated alkanes) is 9. The fourth-order valence-corrected chi connectivity index (χ4v) is 2.07. The van der Waals surface area contributed by atoms with E-state index in [0.29, 0.717) is 0 Å².